The molecular formula is C18H18O3. The van der Waals surface area contributed by atoms with Gasteiger partial charge < -0.3 is 4.74 Å². The summed E-state index contributed by atoms with van der Waals surface area (Å²) in [5.74, 6) is -0.407. The summed E-state index contributed by atoms with van der Waals surface area (Å²) in [4.78, 5) is 23.0. The summed E-state index contributed by atoms with van der Waals surface area (Å²) < 4.78 is 4.53. The average molecular weight is 282 g/mol. The van der Waals surface area contributed by atoms with Crippen molar-refractivity contribution in [2.24, 2.45) is 0 Å². The Morgan fingerprint density at radius 1 is 0.857 bits per heavy atom. The van der Waals surface area contributed by atoms with Gasteiger partial charge in [-0.1, -0.05) is 54.1 Å². The topological polar surface area (TPSA) is 43.4 Å². The number of esters is 1. The smallest absolute Gasteiger partial charge is 0.305 e. The van der Waals surface area contributed by atoms with Crippen LogP contribution in [0.5, 0.6) is 0 Å². The molecule has 0 bridgehead atoms. The molecule has 0 spiro atoms. The van der Waals surface area contributed by atoms with E-state index >= 15 is 0 Å². The van der Waals surface area contributed by atoms with Crippen molar-refractivity contribution >= 4 is 11.8 Å². The lowest BCUT2D eigenvalue weighted by atomic mass is 10.0. The molecule has 0 aliphatic heterocycles. The first kappa shape index (κ1) is 15.0. The lowest BCUT2D eigenvalue weighted by Crippen LogP contribution is -2.05. The van der Waals surface area contributed by atoms with Crippen molar-refractivity contribution < 1.29 is 14.3 Å². The Bertz CT molecular complexity index is 625. The summed E-state index contributed by atoms with van der Waals surface area (Å²) in [6, 6.07) is 15.7. The van der Waals surface area contributed by atoms with Crippen LogP contribution < -0.4 is 0 Å². The van der Waals surface area contributed by atoms with E-state index in [1.54, 1.807) is 12.1 Å². The van der Waals surface area contributed by atoms with Gasteiger partial charge in [0.1, 0.15) is 0 Å². The van der Waals surface area contributed by atoms with E-state index in [0.717, 1.165) is 11.1 Å². The van der Waals surface area contributed by atoms with Crippen LogP contribution in [0.1, 0.15) is 28.8 Å². The number of aryl methyl sites for hydroxylation is 1. The monoisotopic (exact) mass is 282 g/mol. The quantitative estimate of drug-likeness (QED) is 0.619. The van der Waals surface area contributed by atoms with E-state index in [4.69, 9.17) is 0 Å². The van der Waals surface area contributed by atoms with Gasteiger partial charge in [0.05, 0.1) is 13.5 Å². The van der Waals surface area contributed by atoms with E-state index in [0.29, 0.717) is 5.56 Å². The molecule has 3 heteroatoms. The van der Waals surface area contributed by atoms with Crippen LogP contribution in [0.2, 0.25) is 0 Å². The van der Waals surface area contributed by atoms with E-state index in [1.807, 2.05) is 19.1 Å². The number of benzene rings is 2. The Kier molecular flexibility index (Phi) is 4.88. The third-order valence-electron chi connectivity index (χ3n) is 3.38. The van der Waals surface area contributed by atoms with Gasteiger partial charge in [0, 0.05) is 12.0 Å². The van der Waals surface area contributed by atoms with E-state index < -0.39 is 0 Å². The molecule has 0 amide bonds. The molecule has 0 heterocycles. The normalized spacial score (nSPS) is 10.2. The van der Waals surface area contributed by atoms with Gasteiger partial charge in [0.2, 0.25) is 0 Å². The first-order chi connectivity index (χ1) is 10.1. The third kappa shape index (κ3) is 4.02. The zero-order chi connectivity index (χ0) is 15.2. The zero-order valence-corrected chi connectivity index (χ0v) is 12.3. The Labute approximate surface area is 124 Å². The molecule has 0 unspecified atom stereocenters. The number of methoxy groups -OCH3 is 1. The minimum Gasteiger partial charge on any atom is -0.469 e. The van der Waals surface area contributed by atoms with Gasteiger partial charge in [-0.05, 0) is 18.1 Å². The van der Waals surface area contributed by atoms with Gasteiger partial charge >= 0.3 is 5.97 Å². The molecular weight excluding hydrogens is 264 g/mol. The van der Waals surface area contributed by atoms with E-state index in [1.165, 1.54) is 12.7 Å². The number of rotatable bonds is 5. The molecule has 0 aromatic heterocycles. The highest BCUT2D eigenvalue weighted by Gasteiger charge is 2.09. The predicted octanol–water partition coefficient (Wildman–Crippen LogP) is 3.80. The van der Waals surface area contributed by atoms with Gasteiger partial charge in [-0.2, -0.15) is 0 Å². The fraction of sp³-hybridized carbons (Fsp3) is 0.222. The molecule has 0 aliphatic carbocycles. The third-order valence-corrected chi connectivity index (χ3v) is 3.38. The highest BCUT2D eigenvalue weighted by Crippen LogP contribution is 2.20. The summed E-state index contributed by atoms with van der Waals surface area (Å²) in [5.41, 5.74) is 4.02. The van der Waals surface area contributed by atoms with Crippen molar-refractivity contribution in [2.45, 2.75) is 19.8 Å². The van der Waals surface area contributed by atoms with Crippen molar-refractivity contribution in [2.75, 3.05) is 7.11 Å². The van der Waals surface area contributed by atoms with Crippen LogP contribution in [0, 0.1) is 6.92 Å². The fourth-order valence-electron chi connectivity index (χ4n) is 2.06. The number of carbonyl (C=O) groups excluding carboxylic acids is 2. The van der Waals surface area contributed by atoms with E-state index in [2.05, 4.69) is 29.0 Å². The van der Waals surface area contributed by atoms with Crippen LogP contribution >= 0.6 is 0 Å². The number of carbonyl (C=O) groups is 2. The molecule has 0 saturated carbocycles. The second-order valence-electron chi connectivity index (χ2n) is 4.94. The molecule has 0 fully saturated rings. The minimum atomic E-state index is -0.361. The molecule has 2 aromatic rings. The maximum Gasteiger partial charge on any atom is 0.305 e. The summed E-state index contributed by atoms with van der Waals surface area (Å²) in [6.07, 6.45) is 0.297. The summed E-state index contributed by atoms with van der Waals surface area (Å²) in [7, 11) is 1.32. The fourth-order valence-corrected chi connectivity index (χ4v) is 2.06. The van der Waals surface area contributed by atoms with Crippen LogP contribution in [0.3, 0.4) is 0 Å². The van der Waals surface area contributed by atoms with Crippen LogP contribution in [0.4, 0.5) is 0 Å². The molecule has 3 nitrogen and oxygen atoms in total. The number of ketones is 1. The second-order valence-corrected chi connectivity index (χ2v) is 4.94. The van der Waals surface area contributed by atoms with Crippen LogP contribution in [0.25, 0.3) is 11.1 Å². The van der Waals surface area contributed by atoms with Gasteiger partial charge in [0.15, 0.2) is 5.78 Å². The SMILES string of the molecule is COC(=O)CCC(=O)c1ccc(-c2ccc(C)cc2)cc1. The van der Waals surface area contributed by atoms with Gasteiger partial charge in [-0.15, -0.1) is 0 Å². The molecule has 0 saturated heterocycles. The highest BCUT2D eigenvalue weighted by atomic mass is 16.5. The van der Waals surface area contributed by atoms with E-state index in [9.17, 15) is 9.59 Å². The van der Waals surface area contributed by atoms with Crippen LogP contribution in [0.15, 0.2) is 48.5 Å². The average Bonchev–Trinajstić information content (AvgIpc) is 2.53. The lowest BCUT2D eigenvalue weighted by molar-refractivity contribution is -0.140. The Hall–Kier alpha value is -2.42. The van der Waals surface area contributed by atoms with Gasteiger partial charge in [0.25, 0.3) is 0 Å². The summed E-state index contributed by atoms with van der Waals surface area (Å²) in [6.45, 7) is 2.05. The van der Waals surface area contributed by atoms with Gasteiger partial charge in [-0.3, -0.25) is 9.59 Å². The first-order valence-electron chi connectivity index (χ1n) is 6.87. The standard InChI is InChI=1S/C18H18O3/c1-13-3-5-14(6-4-13)15-7-9-16(10-8-15)17(19)11-12-18(20)21-2/h3-10H,11-12H2,1-2H3. The number of hydrogen-bond donors (Lipinski definition) is 0. The predicted molar refractivity (Wildman–Crippen MR) is 82.2 cm³/mol. The van der Waals surface area contributed by atoms with Crippen LogP contribution in [-0.4, -0.2) is 18.9 Å². The first-order valence-corrected chi connectivity index (χ1v) is 6.87. The van der Waals surface area contributed by atoms with Gasteiger partial charge in [-0.25, -0.2) is 0 Å². The number of hydrogen-bond acceptors (Lipinski definition) is 3. The van der Waals surface area contributed by atoms with Crippen molar-refractivity contribution in [1.82, 2.24) is 0 Å². The maximum absolute atomic E-state index is 11.9. The molecule has 108 valence electrons. The lowest BCUT2D eigenvalue weighted by Gasteiger charge is -2.05. The van der Waals surface area contributed by atoms with Crippen molar-refractivity contribution in [3.8, 4) is 11.1 Å². The maximum atomic E-state index is 11.9. The molecule has 0 radical (unpaired) electrons. The summed E-state index contributed by atoms with van der Waals surface area (Å²) >= 11 is 0. The van der Waals surface area contributed by atoms with Crippen molar-refractivity contribution in [3.63, 3.8) is 0 Å². The second kappa shape index (κ2) is 6.84. The molecule has 0 atom stereocenters. The molecule has 0 N–H and O–H groups in total. The van der Waals surface area contributed by atoms with Crippen molar-refractivity contribution in [1.29, 1.82) is 0 Å². The largest absolute Gasteiger partial charge is 0.469 e. The molecule has 21 heavy (non-hydrogen) atoms. The number of Topliss-reactive ketones (excluding diaryl/α,β-unsaturated/α-hetero) is 1. The Morgan fingerprint density at radius 2 is 1.38 bits per heavy atom. The Balaban J connectivity index is 2.06. The Morgan fingerprint density at radius 3 is 1.90 bits per heavy atom. The minimum absolute atomic E-state index is 0.0455. The van der Waals surface area contributed by atoms with Crippen molar-refractivity contribution in [3.05, 3.63) is 59.7 Å². The van der Waals surface area contributed by atoms with E-state index in [-0.39, 0.29) is 24.6 Å². The number of ether oxygens (including phenoxy) is 1. The molecule has 2 rings (SSSR count). The van der Waals surface area contributed by atoms with Crippen LogP contribution in [-0.2, 0) is 9.53 Å². The molecule has 0 aliphatic rings. The summed E-state index contributed by atoms with van der Waals surface area (Å²) in [5, 5.41) is 0. The molecule has 2 aromatic carbocycles. The zero-order valence-electron chi connectivity index (χ0n) is 12.3. The highest BCUT2D eigenvalue weighted by molar-refractivity contribution is 5.97.